The van der Waals surface area contributed by atoms with Crippen molar-refractivity contribution in [3.05, 3.63) is 18.0 Å². The zero-order valence-electron chi connectivity index (χ0n) is 8.90. The number of nitrogens with zero attached hydrogens (tertiary/aromatic N) is 3. The van der Waals surface area contributed by atoms with Gasteiger partial charge < -0.3 is 10.6 Å². The first-order chi connectivity index (χ1) is 6.77. The standard InChI is InChI=1S/C10H18N4/c1-3-5-14(6-4-11)10-12-7-9(2)8-13-10/h7-8H,3-6,11H2,1-2H3. The Balaban J connectivity index is 2.71. The van der Waals surface area contributed by atoms with Gasteiger partial charge in [-0.3, -0.25) is 0 Å². The Kier molecular flexibility index (Phi) is 4.32. The minimum absolute atomic E-state index is 0.636. The smallest absolute Gasteiger partial charge is 0.225 e. The van der Waals surface area contributed by atoms with Gasteiger partial charge >= 0.3 is 0 Å². The first-order valence-corrected chi connectivity index (χ1v) is 5.01. The second-order valence-corrected chi connectivity index (χ2v) is 3.34. The highest BCUT2D eigenvalue weighted by Crippen LogP contribution is 2.06. The van der Waals surface area contributed by atoms with Crippen LogP contribution in [0.15, 0.2) is 12.4 Å². The Morgan fingerprint density at radius 3 is 2.43 bits per heavy atom. The molecule has 78 valence electrons. The molecule has 0 atom stereocenters. The monoisotopic (exact) mass is 194 g/mol. The predicted molar refractivity (Wildman–Crippen MR) is 58.3 cm³/mol. The van der Waals surface area contributed by atoms with E-state index >= 15 is 0 Å². The largest absolute Gasteiger partial charge is 0.340 e. The van der Waals surface area contributed by atoms with Crippen LogP contribution in [0.5, 0.6) is 0 Å². The Morgan fingerprint density at radius 2 is 1.93 bits per heavy atom. The zero-order valence-corrected chi connectivity index (χ0v) is 8.90. The van der Waals surface area contributed by atoms with Crippen LogP contribution in [-0.4, -0.2) is 29.6 Å². The Hall–Kier alpha value is -1.16. The normalized spacial score (nSPS) is 10.2. The minimum Gasteiger partial charge on any atom is -0.340 e. The molecule has 1 aromatic rings. The molecule has 1 rings (SSSR count). The van der Waals surface area contributed by atoms with E-state index in [9.17, 15) is 0 Å². The summed E-state index contributed by atoms with van der Waals surface area (Å²) in [4.78, 5) is 10.7. The van der Waals surface area contributed by atoms with Crippen molar-refractivity contribution in [2.24, 2.45) is 5.73 Å². The van der Waals surface area contributed by atoms with Crippen LogP contribution in [0.25, 0.3) is 0 Å². The SMILES string of the molecule is CCCN(CCN)c1ncc(C)cn1. The van der Waals surface area contributed by atoms with Crippen LogP contribution in [-0.2, 0) is 0 Å². The number of aryl methyl sites for hydroxylation is 1. The number of anilines is 1. The molecule has 0 fully saturated rings. The van der Waals surface area contributed by atoms with Gasteiger partial charge in [0.2, 0.25) is 5.95 Å². The van der Waals surface area contributed by atoms with Crippen molar-refractivity contribution in [1.82, 2.24) is 9.97 Å². The number of rotatable bonds is 5. The molecule has 0 saturated carbocycles. The summed E-state index contributed by atoms with van der Waals surface area (Å²) in [5.74, 6) is 0.780. The van der Waals surface area contributed by atoms with Gasteiger partial charge in [-0.05, 0) is 18.9 Å². The summed E-state index contributed by atoms with van der Waals surface area (Å²) in [6.45, 7) is 6.53. The maximum atomic E-state index is 5.53. The molecule has 0 amide bonds. The highest BCUT2D eigenvalue weighted by atomic mass is 15.2. The molecule has 0 bridgehead atoms. The molecule has 0 aromatic carbocycles. The van der Waals surface area contributed by atoms with Crippen molar-refractivity contribution in [3.63, 3.8) is 0 Å². The fourth-order valence-corrected chi connectivity index (χ4v) is 1.29. The van der Waals surface area contributed by atoms with Gasteiger partial charge in [-0.15, -0.1) is 0 Å². The summed E-state index contributed by atoms with van der Waals surface area (Å²) in [7, 11) is 0. The van der Waals surface area contributed by atoms with E-state index in [1.165, 1.54) is 0 Å². The second kappa shape index (κ2) is 5.54. The van der Waals surface area contributed by atoms with E-state index in [4.69, 9.17) is 5.73 Å². The first-order valence-electron chi connectivity index (χ1n) is 5.01. The molecule has 4 heteroatoms. The maximum Gasteiger partial charge on any atom is 0.225 e. The van der Waals surface area contributed by atoms with Gasteiger partial charge in [0.25, 0.3) is 0 Å². The summed E-state index contributed by atoms with van der Waals surface area (Å²) in [5, 5.41) is 0. The van der Waals surface area contributed by atoms with E-state index < -0.39 is 0 Å². The van der Waals surface area contributed by atoms with Crippen LogP contribution >= 0.6 is 0 Å². The van der Waals surface area contributed by atoms with Crippen LogP contribution in [0.4, 0.5) is 5.95 Å². The summed E-state index contributed by atoms with van der Waals surface area (Å²) < 4.78 is 0. The lowest BCUT2D eigenvalue weighted by Crippen LogP contribution is -2.31. The molecular weight excluding hydrogens is 176 g/mol. The lowest BCUT2D eigenvalue weighted by molar-refractivity contribution is 0.736. The number of hydrogen-bond donors (Lipinski definition) is 1. The fraction of sp³-hybridized carbons (Fsp3) is 0.600. The van der Waals surface area contributed by atoms with Crippen molar-refractivity contribution < 1.29 is 0 Å². The lowest BCUT2D eigenvalue weighted by atomic mass is 10.4. The maximum absolute atomic E-state index is 5.53. The van der Waals surface area contributed by atoms with Gasteiger partial charge in [0.1, 0.15) is 0 Å². The van der Waals surface area contributed by atoms with E-state index in [2.05, 4.69) is 21.8 Å². The van der Waals surface area contributed by atoms with Crippen molar-refractivity contribution in [1.29, 1.82) is 0 Å². The van der Waals surface area contributed by atoms with E-state index in [1.54, 1.807) is 0 Å². The molecular formula is C10H18N4. The van der Waals surface area contributed by atoms with E-state index in [0.717, 1.165) is 31.0 Å². The third kappa shape index (κ3) is 2.96. The molecule has 0 radical (unpaired) electrons. The van der Waals surface area contributed by atoms with E-state index in [0.29, 0.717) is 6.54 Å². The fourth-order valence-electron chi connectivity index (χ4n) is 1.29. The number of hydrogen-bond acceptors (Lipinski definition) is 4. The Bertz CT molecular complexity index is 251. The summed E-state index contributed by atoms with van der Waals surface area (Å²) in [6, 6.07) is 0. The third-order valence-electron chi connectivity index (χ3n) is 1.94. The first kappa shape index (κ1) is 10.9. The molecule has 0 saturated heterocycles. The average molecular weight is 194 g/mol. The molecule has 0 aliphatic carbocycles. The van der Waals surface area contributed by atoms with Crippen molar-refractivity contribution in [2.45, 2.75) is 20.3 Å². The van der Waals surface area contributed by atoms with Gasteiger partial charge in [0.15, 0.2) is 0 Å². The van der Waals surface area contributed by atoms with Crippen LogP contribution in [0.1, 0.15) is 18.9 Å². The van der Waals surface area contributed by atoms with Crippen LogP contribution in [0.3, 0.4) is 0 Å². The third-order valence-corrected chi connectivity index (χ3v) is 1.94. The minimum atomic E-state index is 0.636. The van der Waals surface area contributed by atoms with Gasteiger partial charge in [-0.2, -0.15) is 0 Å². The summed E-state index contributed by atoms with van der Waals surface area (Å²) >= 11 is 0. The molecule has 0 aliphatic heterocycles. The molecule has 14 heavy (non-hydrogen) atoms. The second-order valence-electron chi connectivity index (χ2n) is 3.34. The topological polar surface area (TPSA) is 55.0 Å². The Labute approximate surface area is 85.2 Å². The molecule has 0 unspecified atom stereocenters. The summed E-state index contributed by atoms with van der Waals surface area (Å²) in [6.07, 6.45) is 4.75. The van der Waals surface area contributed by atoms with Crippen molar-refractivity contribution in [2.75, 3.05) is 24.5 Å². The molecule has 1 aromatic heterocycles. The predicted octanol–water partition coefficient (Wildman–Crippen LogP) is 0.960. The molecule has 0 aliphatic rings. The highest BCUT2D eigenvalue weighted by molar-refractivity contribution is 5.29. The number of nitrogens with two attached hydrogens (primary N) is 1. The molecule has 4 nitrogen and oxygen atoms in total. The highest BCUT2D eigenvalue weighted by Gasteiger charge is 2.06. The van der Waals surface area contributed by atoms with Crippen molar-refractivity contribution >= 4 is 5.95 Å². The van der Waals surface area contributed by atoms with Crippen LogP contribution in [0, 0.1) is 6.92 Å². The van der Waals surface area contributed by atoms with Gasteiger partial charge in [-0.1, -0.05) is 6.92 Å². The van der Waals surface area contributed by atoms with Crippen LogP contribution in [0.2, 0.25) is 0 Å². The van der Waals surface area contributed by atoms with Gasteiger partial charge in [0.05, 0.1) is 0 Å². The molecule has 1 heterocycles. The number of aromatic nitrogens is 2. The van der Waals surface area contributed by atoms with Gasteiger partial charge in [-0.25, -0.2) is 9.97 Å². The quantitative estimate of drug-likeness (QED) is 0.758. The van der Waals surface area contributed by atoms with E-state index in [1.807, 2.05) is 19.3 Å². The van der Waals surface area contributed by atoms with Gasteiger partial charge in [0, 0.05) is 32.0 Å². The summed E-state index contributed by atoms with van der Waals surface area (Å²) in [5.41, 5.74) is 6.61. The zero-order chi connectivity index (χ0) is 10.4. The average Bonchev–Trinajstić information content (AvgIpc) is 2.19. The van der Waals surface area contributed by atoms with Crippen molar-refractivity contribution in [3.8, 4) is 0 Å². The van der Waals surface area contributed by atoms with E-state index in [-0.39, 0.29) is 0 Å². The molecule has 0 spiro atoms. The van der Waals surface area contributed by atoms with Crippen LogP contribution < -0.4 is 10.6 Å². The molecule has 2 N–H and O–H groups in total. The lowest BCUT2D eigenvalue weighted by Gasteiger charge is -2.20. The Morgan fingerprint density at radius 1 is 1.29 bits per heavy atom.